The summed E-state index contributed by atoms with van der Waals surface area (Å²) in [5.74, 6) is -0.635. The number of rotatable bonds is 8. The predicted octanol–water partition coefficient (Wildman–Crippen LogP) is 2.70. The van der Waals surface area contributed by atoms with Gasteiger partial charge in [-0.1, -0.05) is 35.5 Å². The molecule has 1 fully saturated rings. The Morgan fingerprint density at radius 1 is 1.35 bits per heavy atom. The molecular formula is C21H25N5O4S. The van der Waals surface area contributed by atoms with E-state index in [2.05, 4.69) is 27.4 Å². The van der Waals surface area contributed by atoms with E-state index in [4.69, 9.17) is 4.42 Å². The number of benzene rings is 1. The second-order valence-electron chi connectivity index (χ2n) is 7.40. The maximum absolute atomic E-state index is 12.7. The number of carbonyl (C=O) groups is 3. The van der Waals surface area contributed by atoms with E-state index < -0.39 is 11.9 Å². The highest BCUT2D eigenvalue weighted by molar-refractivity contribution is 7.99. The second kappa shape index (κ2) is 9.78. The standard InChI is InChI=1S/C21H25N5O4S/c1-5-8-26-19(28)15(14(4)22-20(26)29)10-18-24-25-21(30-18)31-11-17(27)23-16-7-6-12(2)9-13(16)3/h5-7,9,14-15H,1,8,10-11H2,2-4H3,(H,22,29)(H,23,27). The summed E-state index contributed by atoms with van der Waals surface area (Å²) in [6, 6.07) is 5.00. The number of amides is 4. The highest BCUT2D eigenvalue weighted by atomic mass is 32.2. The van der Waals surface area contributed by atoms with Crippen LogP contribution in [0.25, 0.3) is 0 Å². The van der Waals surface area contributed by atoms with Crippen LogP contribution in [0.1, 0.15) is 23.9 Å². The molecule has 9 nitrogen and oxygen atoms in total. The predicted molar refractivity (Wildman–Crippen MR) is 117 cm³/mol. The van der Waals surface area contributed by atoms with Crippen molar-refractivity contribution in [1.29, 1.82) is 0 Å². The van der Waals surface area contributed by atoms with Crippen molar-refractivity contribution in [3.05, 3.63) is 47.9 Å². The molecule has 2 unspecified atom stereocenters. The summed E-state index contributed by atoms with van der Waals surface area (Å²) in [5.41, 5.74) is 2.88. The van der Waals surface area contributed by atoms with E-state index in [0.29, 0.717) is 0 Å². The zero-order valence-electron chi connectivity index (χ0n) is 17.7. The largest absolute Gasteiger partial charge is 0.416 e. The first-order valence-electron chi connectivity index (χ1n) is 9.83. The average Bonchev–Trinajstić information content (AvgIpc) is 3.16. The van der Waals surface area contributed by atoms with E-state index in [1.54, 1.807) is 6.92 Å². The molecule has 0 radical (unpaired) electrons. The highest BCUT2D eigenvalue weighted by Gasteiger charge is 2.39. The number of anilines is 1. The van der Waals surface area contributed by atoms with Gasteiger partial charge in [-0.3, -0.25) is 14.5 Å². The molecule has 1 aromatic carbocycles. The van der Waals surface area contributed by atoms with Gasteiger partial charge in [-0.15, -0.1) is 16.8 Å². The molecule has 0 bridgehead atoms. The molecule has 2 aromatic rings. The van der Waals surface area contributed by atoms with Crippen LogP contribution in [0.5, 0.6) is 0 Å². The maximum Gasteiger partial charge on any atom is 0.324 e. The van der Waals surface area contributed by atoms with Crippen LogP contribution in [0.4, 0.5) is 10.5 Å². The molecule has 2 heterocycles. The summed E-state index contributed by atoms with van der Waals surface area (Å²) in [5, 5.41) is 13.8. The molecule has 2 atom stereocenters. The number of hydrogen-bond acceptors (Lipinski definition) is 7. The topological polar surface area (TPSA) is 117 Å². The van der Waals surface area contributed by atoms with Gasteiger partial charge in [-0.25, -0.2) is 4.79 Å². The lowest BCUT2D eigenvalue weighted by Gasteiger charge is -2.34. The van der Waals surface area contributed by atoms with Crippen LogP contribution in [-0.2, 0) is 16.0 Å². The molecule has 1 saturated heterocycles. The zero-order valence-corrected chi connectivity index (χ0v) is 18.5. The molecule has 1 aliphatic heterocycles. The molecule has 31 heavy (non-hydrogen) atoms. The molecule has 10 heteroatoms. The zero-order chi connectivity index (χ0) is 22.5. The molecule has 2 N–H and O–H groups in total. The van der Waals surface area contributed by atoms with Gasteiger partial charge in [-0.2, -0.15) is 0 Å². The van der Waals surface area contributed by atoms with Gasteiger partial charge in [0.25, 0.3) is 5.22 Å². The van der Waals surface area contributed by atoms with E-state index >= 15 is 0 Å². The van der Waals surface area contributed by atoms with E-state index in [-0.39, 0.29) is 47.7 Å². The lowest BCUT2D eigenvalue weighted by atomic mass is 9.93. The molecule has 1 aromatic heterocycles. The molecule has 1 aliphatic rings. The van der Waals surface area contributed by atoms with Crippen molar-refractivity contribution in [1.82, 2.24) is 20.4 Å². The fraction of sp³-hybridized carbons (Fsp3) is 0.381. The Labute approximate surface area is 184 Å². The van der Waals surface area contributed by atoms with Gasteiger partial charge in [0.15, 0.2) is 0 Å². The lowest BCUT2D eigenvalue weighted by Crippen LogP contribution is -2.59. The van der Waals surface area contributed by atoms with Crippen LogP contribution in [0.3, 0.4) is 0 Å². The second-order valence-corrected chi connectivity index (χ2v) is 8.33. The summed E-state index contributed by atoms with van der Waals surface area (Å²) < 4.78 is 5.60. The highest BCUT2D eigenvalue weighted by Crippen LogP contribution is 2.23. The third-order valence-electron chi connectivity index (χ3n) is 4.92. The van der Waals surface area contributed by atoms with Crippen LogP contribution in [0.15, 0.2) is 40.5 Å². The minimum Gasteiger partial charge on any atom is -0.416 e. The monoisotopic (exact) mass is 443 g/mol. The van der Waals surface area contributed by atoms with Gasteiger partial charge in [0.1, 0.15) is 0 Å². The Morgan fingerprint density at radius 3 is 2.84 bits per heavy atom. The average molecular weight is 444 g/mol. The minimum atomic E-state index is -0.524. The van der Waals surface area contributed by atoms with Crippen molar-refractivity contribution >= 4 is 35.3 Å². The third-order valence-corrected chi connectivity index (χ3v) is 5.74. The number of hydrogen-bond donors (Lipinski definition) is 2. The quantitative estimate of drug-likeness (QED) is 0.476. The van der Waals surface area contributed by atoms with Crippen LogP contribution < -0.4 is 10.6 Å². The third kappa shape index (κ3) is 5.52. The minimum absolute atomic E-state index is 0.108. The number of aryl methyl sites for hydroxylation is 2. The van der Waals surface area contributed by atoms with Crippen molar-refractivity contribution in [2.24, 2.45) is 5.92 Å². The van der Waals surface area contributed by atoms with Gasteiger partial charge >= 0.3 is 6.03 Å². The van der Waals surface area contributed by atoms with Gasteiger partial charge in [0.2, 0.25) is 17.7 Å². The number of aromatic nitrogens is 2. The van der Waals surface area contributed by atoms with E-state index in [1.807, 2.05) is 32.0 Å². The normalized spacial score (nSPS) is 18.6. The fourth-order valence-electron chi connectivity index (χ4n) is 3.29. The van der Waals surface area contributed by atoms with E-state index in [1.165, 1.54) is 6.08 Å². The summed E-state index contributed by atoms with van der Waals surface area (Å²) >= 11 is 1.12. The summed E-state index contributed by atoms with van der Waals surface area (Å²) in [7, 11) is 0. The van der Waals surface area contributed by atoms with Crippen LogP contribution in [0.2, 0.25) is 0 Å². The van der Waals surface area contributed by atoms with E-state index in [9.17, 15) is 14.4 Å². The number of imide groups is 1. The van der Waals surface area contributed by atoms with Crippen molar-refractivity contribution in [3.63, 3.8) is 0 Å². The van der Waals surface area contributed by atoms with E-state index in [0.717, 1.165) is 33.5 Å². The van der Waals surface area contributed by atoms with Crippen molar-refractivity contribution < 1.29 is 18.8 Å². The van der Waals surface area contributed by atoms with Gasteiger partial charge < -0.3 is 15.1 Å². The number of nitrogens with zero attached hydrogens (tertiary/aromatic N) is 3. The van der Waals surface area contributed by atoms with Crippen LogP contribution in [0, 0.1) is 19.8 Å². The van der Waals surface area contributed by atoms with Crippen LogP contribution in [-0.4, -0.2) is 51.3 Å². The Bertz CT molecular complexity index is 1010. The Morgan fingerprint density at radius 2 is 2.13 bits per heavy atom. The molecular weight excluding hydrogens is 418 g/mol. The molecule has 4 amide bonds. The number of thioether (sulfide) groups is 1. The summed E-state index contributed by atoms with van der Waals surface area (Å²) in [6.07, 6.45) is 1.69. The fourth-order valence-corrected chi connectivity index (χ4v) is 3.87. The smallest absolute Gasteiger partial charge is 0.324 e. The molecule has 0 aliphatic carbocycles. The first kappa shape index (κ1) is 22.5. The SMILES string of the molecule is C=CCN1C(=O)NC(C)C(Cc2nnc(SCC(=O)Nc3ccc(C)cc3C)o2)C1=O. The Hall–Kier alpha value is -3.14. The molecule has 164 valence electrons. The van der Waals surface area contributed by atoms with Gasteiger partial charge in [0, 0.05) is 24.7 Å². The molecule has 0 spiro atoms. The first-order valence-corrected chi connectivity index (χ1v) is 10.8. The summed E-state index contributed by atoms with van der Waals surface area (Å²) in [4.78, 5) is 38.0. The van der Waals surface area contributed by atoms with Crippen LogP contribution >= 0.6 is 11.8 Å². The van der Waals surface area contributed by atoms with Crippen molar-refractivity contribution in [3.8, 4) is 0 Å². The number of nitrogens with one attached hydrogen (secondary N) is 2. The number of carbonyl (C=O) groups excluding carboxylic acids is 3. The van der Waals surface area contributed by atoms with Crippen molar-refractivity contribution in [2.75, 3.05) is 17.6 Å². The first-order chi connectivity index (χ1) is 14.8. The Kier molecular flexibility index (Phi) is 7.11. The molecule has 0 saturated carbocycles. The lowest BCUT2D eigenvalue weighted by molar-refractivity contribution is -0.134. The summed E-state index contributed by atoms with van der Waals surface area (Å²) in [6.45, 7) is 9.40. The van der Waals surface area contributed by atoms with Gasteiger partial charge in [0.05, 0.1) is 11.7 Å². The number of urea groups is 1. The Balaban J connectivity index is 1.56. The molecule has 3 rings (SSSR count). The van der Waals surface area contributed by atoms with Gasteiger partial charge in [-0.05, 0) is 32.4 Å². The maximum atomic E-state index is 12.7. The van der Waals surface area contributed by atoms with Crippen molar-refractivity contribution in [2.45, 2.75) is 38.5 Å².